The molecule has 0 radical (unpaired) electrons. The van der Waals surface area contributed by atoms with Crippen LogP contribution in [0.15, 0.2) is 20.7 Å². The standard InChI is InChI=1S/C12H19N3O5S/c1-13-8-10(11(17)14(2)12(13)18)21(19,20)15-5-3-9(7-15)4-6-16/h8-9,16H,3-7H2,1-2H3. The van der Waals surface area contributed by atoms with Gasteiger partial charge >= 0.3 is 5.69 Å². The van der Waals surface area contributed by atoms with E-state index in [-0.39, 0.29) is 19.1 Å². The summed E-state index contributed by atoms with van der Waals surface area (Å²) in [5.74, 6) is 0.0983. The van der Waals surface area contributed by atoms with E-state index in [4.69, 9.17) is 5.11 Å². The van der Waals surface area contributed by atoms with Gasteiger partial charge in [0.15, 0.2) is 4.90 Å². The van der Waals surface area contributed by atoms with Crippen LogP contribution in [0.25, 0.3) is 0 Å². The first-order valence-corrected chi connectivity index (χ1v) is 8.10. The molecule has 0 aromatic carbocycles. The molecule has 0 spiro atoms. The van der Waals surface area contributed by atoms with Crippen molar-refractivity contribution in [1.29, 1.82) is 0 Å². The largest absolute Gasteiger partial charge is 0.396 e. The maximum absolute atomic E-state index is 12.6. The van der Waals surface area contributed by atoms with Crippen LogP contribution in [-0.4, -0.2) is 46.7 Å². The molecule has 8 nitrogen and oxygen atoms in total. The molecule has 1 fully saturated rings. The zero-order valence-electron chi connectivity index (χ0n) is 12.0. The maximum Gasteiger partial charge on any atom is 0.330 e. The predicted molar refractivity (Wildman–Crippen MR) is 75.5 cm³/mol. The number of nitrogens with zero attached hydrogens (tertiary/aromatic N) is 3. The highest BCUT2D eigenvalue weighted by Gasteiger charge is 2.34. The van der Waals surface area contributed by atoms with Gasteiger partial charge < -0.3 is 9.67 Å². The number of aliphatic hydroxyl groups is 1. The molecule has 1 atom stereocenters. The third kappa shape index (κ3) is 2.81. The van der Waals surface area contributed by atoms with E-state index in [1.165, 1.54) is 18.4 Å². The van der Waals surface area contributed by atoms with Gasteiger partial charge in [0.25, 0.3) is 5.56 Å². The number of hydrogen-bond donors (Lipinski definition) is 1. The molecular weight excluding hydrogens is 298 g/mol. The van der Waals surface area contributed by atoms with Gasteiger partial charge in [-0.15, -0.1) is 0 Å². The SMILES string of the molecule is Cn1cc(S(=O)(=O)N2CCC(CCO)C2)c(=O)n(C)c1=O. The first-order chi connectivity index (χ1) is 9.78. The van der Waals surface area contributed by atoms with Gasteiger partial charge in [0.1, 0.15) is 0 Å². The Bertz CT molecular complexity index is 749. The monoisotopic (exact) mass is 317 g/mol. The van der Waals surface area contributed by atoms with Gasteiger partial charge in [-0.25, -0.2) is 13.2 Å². The van der Waals surface area contributed by atoms with Gasteiger partial charge in [0.05, 0.1) is 0 Å². The fraction of sp³-hybridized carbons (Fsp3) is 0.667. The smallest absolute Gasteiger partial charge is 0.330 e. The molecule has 2 heterocycles. The summed E-state index contributed by atoms with van der Waals surface area (Å²) < 4.78 is 28.2. The molecule has 1 N–H and O–H groups in total. The van der Waals surface area contributed by atoms with E-state index < -0.39 is 26.2 Å². The third-order valence-electron chi connectivity index (χ3n) is 3.82. The highest BCUT2D eigenvalue weighted by molar-refractivity contribution is 7.89. The minimum atomic E-state index is -3.92. The highest BCUT2D eigenvalue weighted by atomic mass is 32.2. The zero-order valence-corrected chi connectivity index (χ0v) is 12.8. The second-order valence-electron chi connectivity index (χ2n) is 5.28. The molecule has 0 amide bonds. The van der Waals surface area contributed by atoms with Crippen molar-refractivity contribution >= 4 is 10.0 Å². The van der Waals surface area contributed by atoms with Gasteiger partial charge in [-0.2, -0.15) is 4.31 Å². The van der Waals surface area contributed by atoms with Gasteiger partial charge in [-0.3, -0.25) is 9.36 Å². The fourth-order valence-corrected chi connectivity index (χ4v) is 4.20. The van der Waals surface area contributed by atoms with E-state index in [1.807, 2.05) is 0 Å². The lowest BCUT2D eigenvalue weighted by Gasteiger charge is -2.17. The summed E-state index contributed by atoms with van der Waals surface area (Å²) in [7, 11) is -1.27. The summed E-state index contributed by atoms with van der Waals surface area (Å²) in [5.41, 5.74) is -1.39. The van der Waals surface area contributed by atoms with E-state index in [0.717, 1.165) is 15.3 Å². The summed E-state index contributed by atoms with van der Waals surface area (Å²) in [6.45, 7) is 0.619. The molecule has 21 heavy (non-hydrogen) atoms. The van der Waals surface area contributed by atoms with Crippen molar-refractivity contribution in [2.75, 3.05) is 19.7 Å². The molecule has 9 heteroatoms. The van der Waals surface area contributed by atoms with E-state index in [1.54, 1.807) is 0 Å². The van der Waals surface area contributed by atoms with Crippen molar-refractivity contribution in [3.05, 3.63) is 27.0 Å². The molecule has 1 aromatic rings. The number of aryl methyl sites for hydroxylation is 1. The number of aromatic nitrogens is 2. The molecule has 1 aromatic heterocycles. The molecule has 1 aliphatic heterocycles. The summed E-state index contributed by atoms with van der Waals surface area (Å²) in [4.78, 5) is 23.3. The summed E-state index contributed by atoms with van der Waals surface area (Å²) in [5, 5.41) is 8.92. The molecule has 1 saturated heterocycles. The van der Waals surface area contributed by atoms with Gasteiger partial charge in [0.2, 0.25) is 10.0 Å². The molecule has 1 unspecified atom stereocenters. The van der Waals surface area contributed by atoms with Crippen LogP contribution in [0.1, 0.15) is 12.8 Å². The Balaban J connectivity index is 2.42. The molecule has 0 bridgehead atoms. The quantitative estimate of drug-likeness (QED) is 0.726. The number of rotatable bonds is 4. The third-order valence-corrected chi connectivity index (χ3v) is 5.67. The van der Waals surface area contributed by atoms with Gasteiger partial charge in [-0.1, -0.05) is 0 Å². The van der Waals surface area contributed by atoms with Crippen LogP contribution >= 0.6 is 0 Å². The summed E-state index contributed by atoms with van der Waals surface area (Å²) in [6.07, 6.45) is 2.27. The Morgan fingerprint density at radius 2 is 2.00 bits per heavy atom. The lowest BCUT2D eigenvalue weighted by molar-refractivity contribution is 0.259. The molecule has 0 saturated carbocycles. The number of hydrogen-bond acceptors (Lipinski definition) is 5. The minimum Gasteiger partial charge on any atom is -0.396 e. The van der Waals surface area contributed by atoms with Crippen LogP contribution in [0.2, 0.25) is 0 Å². The Kier molecular flexibility index (Phi) is 4.35. The number of aliphatic hydroxyl groups excluding tert-OH is 1. The van der Waals surface area contributed by atoms with Crippen molar-refractivity contribution in [1.82, 2.24) is 13.4 Å². The van der Waals surface area contributed by atoms with Crippen molar-refractivity contribution in [2.24, 2.45) is 20.0 Å². The van der Waals surface area contributed by atoms with Crippen LogP contribution in [0.3, 0.4) is 0 Å². The summed E-state index contributed by atoms with van der Waals surface area (Å²) >= 11 is 0. The van der Waals surface area contributed by atoms with Crippen LogP contribution < -0.4 is 11.2 Å². The lowest BCUT2D eigenvalue weighted by Crippen LogP contribution is -2.42. The molecule has 1 aliphatic rings. The maximum atomic E-state index is 12.6. The van der Waals surface area contributed by atoms with E-state index in [0.29, 0.717) is 19.4 Å². The number of sulfonamides is 1. The average molecular weight is 317 g/mol. The first-order valence-electron chi connectivity index (χ1n) is 6.66. The van der Waals surface area contributed by atoms with Crippen molar-refractivity contribution in [3.63, 3.8) is 0 Å². The van der Waals surface area contributed by atoms with Crippen molar-refractivity contribution < 1.29 is 13.5 Å². The highest BCUT2D eigenvalue weighted by Crippen LogP contribution is 2.24. The van der Waals surface area contributed by atoms with Crippen LogP contribution in [-0.2, 0) is 24.1 Å². The zero-order chi connectivity index (χ0) is 15.8. The molecule has 0 aliphatic carbocycles. The Morgan fingerprint density at radius 3 is 2.62 bits per heavy atom. The van der Waals surface area contributed by atoms with Crippen LogP contribution in [0, 0.1) is 5.92 Å². The topological polar surface area (TPSA) is 102 Å². The first kappa shape index (κ1) is 15.9. The minimum absolute atomic E-state index is 0.0140. The van der Waals surface area contributed by atoms with E-state index in [2.05, 4.69) is 0 Å². The van der Waals surface area contributed by atoms with Crippen LogP contribution in [0.5, 0.6) is 0 Å². The lowest BCUT2D eigenvalue weighted by atomic mass is 10.1. The van der Waals surface area contributed by atoms with Gasteiger partial charge in [-0.05, 0) is 18.8 Å². The van der Waals surface area contributed by atoms with Crippen molar-refractivity contribution in [2.45, 2.75) is 17.7 Å². The predicted octanol–water partition coefficient (Wildman–Crippen LogP) is -1.52. The molecule has 118 valence electrons. The second-order valence-corrected chi connectivity index (χ2v) is 7.19. The Hall–Kier alpha value is -1.45. The second kappa shape index (κ2) is 5.74. The molecular formula is C12H19N3O5S. The van der Waals surface area contributed by atoms with Gasteiger partial charge in [0, 0.05) is 40.0 Å². The van der Waals surface area contributed by atoms with E-state index >= 15 is 0 Å². The average Bonchev–Trinajstić information content (AvgIpc) is 2.90. The summed E-state index contributed by atoms with van der Waals surface area (Å²) in [6, 6.07) is 0. The Morgan fingerprint density at radius 1 is 1.33 bits per heavy atom. The molecule has 2 rings (SSSR count). The fourth-order valence-electron chi connectivity index (χ4n) is 2.52. The van der Waals surface area contributed by atoms with Crippen LogP contribution in [0.4, 0.5) is 0 Å². The van der Waals surface area contributed by atoms with E-state index in [9.17, 15) is 18.0 Å². The van der Waals surface area contributed by atoms with Crippen molar-refractivity contribution in [3.8, 4) is 0 Å². The Labute approximate surface area is 122 Å². The normalized spacial score (nSPS) is 20.0.